The van der Waals surface area contributed by atoms with Crippen molar-refractivity contribution in [3.05, 3.63) is 35.9 Å². The van der Waals surface area contributed by atoms with Crippen LogP contribution in [0.3, 0.4) is 0 Å². The molecule has 1 aromatic rings. The van der Waals surface area contributed by atoms with Gasteiger partial charge in [0, 0.05) is 31.7 Å². The molecule has 1 aliphatic carbocycles. The number of benzene rings is 1. The molecule has 3 aliphatic rings. The molecule has 31 heavy (non-hydrogen) atoms. The van der Waals surface area contributed by atoms with Crippen molar-refractivity contribution in [2.45, 2.75) is 75.9 Å². The van der Waals surface area contributed by atoms with E-state index < -0.39 is 0 Å². The first-order valence-electron chi connectivity index (χ1n) is 12.1. The van der Waals surface area contributed by atoms with E-state index in [2.05, 4.69) is 47.5 Å². The summed E-state index contributed by atoms with van der Waals surface area (Å²) in [4.78, 5) is 7.55. The Bertz CT molecular complexity index is 667. The lowest BCUT2D eigenvalue weighted by atomic mass is 9.64. The minimum absolute atomic E-state index is 0. The smallest absolute Gasteiger partial charge is 0.193 e. The van der Waals surface area contributed by atoms with Crippen LogP contribution in [-0.2, 0) is 14.9 Å². The molecule has 0 radical (unpaired) electrons. The van der Waals surface area contributed by atoms with Crippen LogP contribution in [-0.4, -0.2) is 62.5 Å². The van der Waals surface area contributed by atoms with Gasteiger partial charge in [-0.3, -0.25) is 4.99 Å². The molecule has 0 amide bonds. The number of nitrogens with zero attached hydrogens (tertiary/aromatic N) is 2. The normalized spacial score (nSPS) is 24.2. The first-order valence-corrected chi connectivity index (χ1v) is 12.1. The third-order valence-electron chi connectivity index (χ3n) is 7.10. The first-order chi connectivity index (χ1) is 14.8. The van der Waals surface area contributed by atoms with E-state index in [0.29, 0.717) is 12.2 Å². The molecule has 1 unspecified atom stereocenters. The molecule has 0 bridgehead atoms. The van der Waals surface area contributed by atoms with E-state index in [4.69, 9.17) is 14.5 Å². The highest BCUT2D eigenvalue weighted by atomic mass is 127. The number of nitrogens with one attached hydrogen (secondary N) is 1. The SMILES string of the molecule is CCNC(=NCC1(c2ccccc2)CCC1)N1CCC(OCC2CCCCO2)CC1.I. The van der Waals surface area contributed by atoms with Crippen molar-refractivity contribution < 1.29 is 9.47 Å². The van der Waals surface area contributed by atoms with Crippen LogP contribution in [0.25, 0.3) is 0 Å². The van der Waals surface area contributed by atoms with Gasteiger partial charge in [0.2, 0.25) is 0 Å². The summed E-state index contributed by atoms with van der Waals surface area (Å²) in [7, 11) is 0. The number of hydrogen-bond donors (Lipinski definition) is 1. The zero-order valence-corrected chi connectivity index (χ0v) is 21.4. The molecule has 6 heteroatoms. The number of guanidine groups is 1. The van der Waals surface area contributed by atoms with E-state index in [0.717, 1.165) is 64.6 Å². The molecule has 5 nitrogen and oxygen atoms in total. The van der Waals surface area contributed by atoms with Crippen LogP contribution in [0.2, 0.25) is 0 Å². The fraction of sp³-hybridized carbons (Fsp3) is 0.720. The third-order valence-corrected chi connectivity index (χ3v) is 7.10. The summed E-state index contributed by atoms with van der Waals surface area (Å²) in [6.45, 7) is 7.64. The Morgan fingerprint density at radius 3 is 2.52 bits per heavy atom. The van der Waals surface area contributed by atoms with Crippen LogP contribution >= 0.6 is 24.0 Å². The Morgan fingerprint density at radius 1 is 1.13 bits per heavy atom. The molecule has 4 rings (SSSR count). The molecule has 1 saturated carbocycles. The summed E-state index contributed by atoms with van der Waals surface area (Å²) in [6.07, 6.45) is 10.3. The maximum atomic E-state index is 6.20. The molecule has 0 spiro atoms. The van der Waals surface area contributed by atoms with Crippen molar-refractivity contribution in [1.82, 2.24) is 10.2 Å². The monoisotopic (exact) mass is 541 g/mol. The Hall–Kier alpha value is -0.860. The lowest BCUT2D eigenvalue weighted by Gasteiger charge is -2.42. The van der Waals surface area contributed by atoms with Crippen LogP contribution in [0.1, 0.15) is 63.9 Å². The lowest BCUT2D eigenvalue weighted by molar-refractivity contribution is -0.0721. The maximum Gasteiger partial charge on any atom is 0.193 e. The molecule has 2 aliphatic heterocycles. The molecular formula is C25H40IN3O2. The van der Waals surface area contributed by atoms with Gasteiger partial charge >= 0.3 is 0 Å². The molecule has 1 N–H and O–H groups in total. The number of ether oxygens (including phenoxy) is 2. The fourth-order valence-corrected chi connectivity index (χ4v) is 5.00. The van der Waals surface area contributed by atoms with Gasteiger partial charge in [-0.25, -0.2) is 0 Å². The topological polar surface area (TPSA) is 46.1 Å². The molecule has 0 aromatic heterocycles. The van der Waals surface area contributed by atoms with Gasteiger partial charge in [-0.1, -0.05) is 36.8 Å². The number of aliphatic imine (C=N–C) groups is 1. The maximum absolute atomic E-state index is 6.20. The van der Waals surface area contributed by atoms with E-state index in [1.54, 1.807) is 0 Å². The lowest BCUT2D eigenvalue weighted by Crippen LogP contribution is -2.48. The summed E-state index contributed by atoms with van der Waals surface area (Å²) in [5, 5.41) is 3.54. The summed E-state index contributed by atoms with van der Waals surface area (Å²) in [5.41, 5.74) is 1.69. The second-order valence-corrected chi connectivity index (χ2v) is 9.18. The molecule has 1 atom stereocenters. The summed E-state index contributed by atoms with van der Waals surface area (Å²) < 4.78 is 12.0. The summed E-state index contributed by atoms with van der Waals surface area (Å²) in [6, 6.07) is 11.0. The van der Waals surface area contributed by atoms with Crippen molar-refractivity contribution in [2.75, 3.05) is 39.4 Å². The molecule has 1 aromatic carbocycles. The van der Waals surface area contributed by atoms with E-state index in [9.17, 15) is 0 Å². The number of halogens is 1. The number of rotatable bonds is 7. The first kappa shape index (κ1) is 24.8. The molecule has 3 fully saturated rings. The minimum atomic E-state index is 0. The highest BCUT2D eigenvalue weighted by molar-refractivity contribution is 14.0. The second kappa shape index (κ2) is 12.4. The largest absolute Gasteiger partial charge is 0.376 e. The average molecular weight is 542 g/mol. The van der Waals surface area contributed by atoms with Crippen molar-refractivity contribution >= 4 is 29.9 Å². The van der Waals surface area contributed by atoms with Crippen molar-refractivity contribution in [3.63, 3.8) is 0 Å². The Kier molecular flexibility index (Phi) is 9.91. The zero-order valence-electron chi connectivity index (χ0n) is 19.1. The highest BCUT2D eigenvalue weighted by Crippen LogP contribution is 2.43. The van der Waals surface area contributed by atoms with Gasteiger partial charge in [-0.15, -0.1) is 24.0 Å². The quantitative estimate of drug-likeness (QED) is 0.308. The van der Waals surface area contributed by atoms with Gasteiger partial charge in [0.1, 0.15) is 0 Å². The van der Waals surface area contributed by atoms with E-state index in [1.807, 2.05) is 0 Å². The predicted octanol–water partition coefficient (Wildman–Crippen LogP) is 4.74. The zero-order chi connectivity index (χ0) is 20.7. The van der Waals surface area contributed by atoms with Crippen molar-refractivity contribution in [2.24, 2.45) is 4.99 Å². The Labute approximate surface area is 205 Å². The number of likely N-dealkylation sites (tertiary alicyclic amines) is 1. The Morgan fingerprint density at radius 2 is 1.90 bits per heavy atom. The van der Waals surface area contributed by atoms with Crippen LogP contribution in [0.15, 0.2) is 35.3 Å². The fourth-order valence-electron chi connectivity index (χ4n) is 5.00. The second-order valence-electron chi connectivity index (χ2n) is 9.18. The van der Waals surface area contributed by atoms with Crippen LogP contribution < -0.4 is 5.32 Å². The summed E-state index contributed by atoms with van der Waals surface area (Å²) in [5.74, 6) is 1.08. The third kappa shape index (κ3) is 6.57. The van der Waals surface area contributed by atoms with E-state index >= 15 is 0 Å². The highest BCUT2D eigenvalue weighted by Gasteiger charge is 2.38. The van der Waals surface area contributed by atoms with Gasteiger partial charge in [-0.05, 0) is 57.4 Å². The van der Waals surface area contributed by atoms with E-state index in [1.165, 1.54) is 37.7 Å². The molecule has 2 heterocycles. The van der Waals surface area contributed by atoms with Crippen LogP contribution in [0.5, 0.6) is 0 Å². The van der Waals surface area contributed by atoms with E-state index in [-0.39, 0.29) is 29.4 Å². The summed E-state index contributed by atoms with van der Waals surface area (Å²) >= 11 is 0. The standard InChI is InChI=1S/C25H39N3O2.HI/c1-2-26-24(27-20-25(14-8-15-25)21-9-4-3-5-10-21)28-16-12-22(13-17-28)30-19-23-11-6-7-18-29-23;/h3-5,9-10,22-23H,2,6-8,11-20H2,1H3,(H,26,27);1H. The van der Waals surface area contributed by atoms with Gasteiger partial charge in [0.25, 0.3) is 0 Å². The van der Waals surface area contributed by atoms with Crippen molar-refractivity contribution in [1.29, 1.82) is 0 Å². The molecular weight excluding hydrogens is 501 g/mol. The average Bonchev–Trinajstić information content (AvgIpc) is 2.78. The van der Waals surface area contributed by atoms with Gasteiger partial charge < -0.3 is 19.7 Å². The number of hydrogen-bond acceptors (Lipinski definition) is 3. The number of piperidine rings is 1. The molecule has 2 saturated heterocycles. The minimum Gasteiger partial charge on any atom is -0.376 e. The van der Waals surface area contributed by atoms with Crippen LogP contribution in [0.4, 0.5) is 0 Å². The van der Waals surface area contributed by atoms with Crippen LogP contribution in [0, 0.1) is 0 Å². The Balaban J connectivity index is 0.00000272. The molecule has 174 valence electrons. The predicted molar refractivity (Wildman–Crippen MR) is 138 cm³/mol. The van der Waals surface area contributed by atoms with Crippen molar-refractivity contribution in [3.8, 4) is 0 Å². The van der Waals surface area contributed by atoms with Gasteiger partial charge in [0.15, 0.2) is 5.96 Å². The van der Waals surface area contributed by atoms with Gasteiger partial charge in [0.05, 0.1) is 25.4 Å². The van der Waals surface area contributed by atoms with Gasteiger partial charge in [-0.2, -0.15) is 0 Å².